The van der Waals surface area contributed by atoms with E-state index in [4.69, 9.17) is 4.74 Å². The molecule has 2 aromatic carbocycles. The van der Waals surface area contributed by atoms with Crippen LogP contribution in [0.25, 0.3) is 10.8 Å². The molecule has 1 atom stereocenters. The van der Waals surface area contributed by atoms with Crippen LogP contribution in [0.1, 0.15) is 17.4 Å². The molecule has 1 heterocycles. The lowest BCUT2D eigenvalue weighted by molar-refractivity contribution is -0.128. The Morgan fingerprint density at radius 1 is 0.960 bits per heavy atom. The molecule has 0 bridgehead atoms. The lowest BCUT2D eigenvalue weighted by atomic mass is 10.1. The van der Waals surface area contributed by atoms with E-state index >= 15 is 0 Å². The van der Waals surface area contributed by atoms with Crippen molar-refractivity contribution < 1.29 is 14.3 Å². The number of nitrogens with one attached hydrogen (secondary N) is 2. The maximum Gasteiger partial charge on any atom is 0.288 e. The fourth-order valence-corrected chi connectivity index (χ4v) is 2.28. The zero-order valence-corrected chi connectivity index (χ0v) is 13.6. The highest BCUT2D eigenvalue weighted by atomic mass is 16.5. The van der Waals surface area contributed by atoms with Gasteiger partial charge >= 0.3 is 0 Å². The van der Waals surface area contributed by atoms with Crippen LogP contribution in [-0.2, 0) is 4.79 Å². The topological polar surface area (TPSA) is 80.3 Å². The fraction of sp³-hybridized carbons (Fsp3) is 0.105. The standard InChI is InChI=1S/C19H17N3O3/c1-13(18(23)21-22-19(24)17-8-4-5-11-20-17)25-16-10-9-14-6-2-3-7-15(14)12-16/h2-13H,1H3,(H,21,23)(H,22,24)/t13-/m0/s1. The summed E-state index contributed by atoms with van der Waals surface area (Å²) in [6.07, 6.45) is 0.729. The number of benzene rings is 2. The first-order valence-corrected chi connectivity index (χ1v) is 7.80. The normalized spacial score (nSPS) is 11.6. The number of ether oxygens (including phenoxy) is 1. The van der Waals surface area contributed by atoms with Crippen molar-refractivity contribution in [3.05, 3.63) is 72.6 Å². The van der Waals surface area contributed by atoms with E-state index in [1.807, 2.05) is 36.4 Å². The Morgan fingerprint density at radius 2 is 1.72 bits per heavy atom. The van der Waals surface area contributed by atoms with Crippen LogP contribution >= 0.6 is 0 Å². The molecule has 0 saturated heterocycles. The van der Waals surface area contributed by atoms with E-state index in [1.165, 1.54) is 6.20 Å². The molecule has 0 spiro atoms. The molecule has 0 aliphatic rings. The maximum atomic E-state index is 12.1. The lowest BCUT2D eigenvalue weighted by Gasteiger charge is -2.15. The smallest absolute Gasteiger partial charge is 0.288 e. The van der Waals surface area contributed by atoms with Gasteiger partial charge in [0.05, 0.1) is 0 Å². The number of carbonyl (C=O) groups excluding carboxylic acids is 2. The van der Waals surface area contributed by atoms with Gasteiger partial charge in [-0.15, -0.1) is 0 Å². The number of hydrazine groups is 1. The highest BCUT2D eigenvalue weighted by Gasteiger charge is 2.16. The van der Waals surface area contributed by atoms with Crippen molar-refractivity contribution in [2.24, 2.45) is 0 Å². The lowest BCUT2D eigenvalue weighted by Crippen LogP contribution is -2.47. The third kappa shape index (κ3) is 4.11. The summed E-state index contributed by atoms with van der Waals surface area (Å²) in [5, 5.41) is 2.12. The van der Waals surface area contributed by atoms with E-state index in [-0.39, 0.29) is 5.69 Å². The van der Waals surface area contributed by atoms with Crippen molar-refractivity contribution in [3.63, 3.8) is 0 Å². The molecule has 1 aromatic heterocycles. The number of nitrogens with zero attached hydrogens (tertiary/aromatic N) is 1. The monoisotopic (exact) mass is 335 g/mol. The molecule has 0 unspecified atom stereocenters. The molecule has 0 aliphatic heterocycles. The van der Waals surface area contributed by atoms with E-state index in [2.05, 4.69) is 15.8 Å². The van der Waals surface area contributed by atoms with Gasteiger partial charge in [0.15, 0.2) is 6.10 Å². The van der Waals surface area contributed by atoms with Crippen LogP contribution in [0, 0.1) is 0 Å². The SMILES string of the molecule is C[C@H](Oc1ccc2ccccc2c1)C(=O)NNC(=O)c1ccccn1. The molecule has 2 amide bonds. The third-order valence-corrected chi connectivity index (χ3v) is 3.60. The van der Waals surface area contributed by atoms with Crippen LogP contribution in [0.2, 0.25) is 0 Å². The number of aromatic nitrogens is 1. The highest BCUT2D eigenvalue weighted by molar-refractivity contribution is 5.94. The molecule has 0 saturated carbocycles. The molecule has 2 N–H and O–H groups in total. The van der Waals surface area contributed by atoms with Gasteiger partial charge in [-0.25, -0.2) is 0 Å². The third-order valence-electron chi connectivity index (χ3n) is 3.60. The number of hydrogen-bond acceptors (Lipinski definition) is 4. The van der Waals surface area contributed by atoms with E-state index in [0.717, 1.165) is 10.8 Å². The van der Waals surface area contributed by atoms with Gasteiger partial charge in [0.1, 0.15) is 11.4 Å². The van der Waals surface area contributed by atoms with E-state index < -0.39 is 17.9 Å². The minimum Gasteiger partial charge on any atom is -0.481 e. The van der Waals surface area contributed by atoms with Crippen LogP contribution in [0.4, 0.5) is 0 Å². The summed E-state index contributed by atoms with van der Waals surface area (Å²) >= 11 is 0. The van der Waals surface area contributed by atoms with Crippen molar-refractivity contribution in [2.45, 2.75) is 13.0 Å². The minimum absolute atomic E-state index is 0.214. The van der Waals surface area contributed by atoms with Crippen molar-refractivity contribution in [2.75, 3.05) is 0 Å². The molecule has 6 nitrogen and oxygen atoms in total. The first-order valence-electron chi connectivity index (χ1n) is 7.80. The Bertz CT molecular complexity index is 897. The summed E-state index contributed by atoms with van der Waals surface area (Å²) in [5.74, 6) is -0.373. The van der Waals surface area contributed by atoms with Crippen LogP contribution in [0.5, 0.6) is 5.75 Å². The molecule has 126 valence electrons. The van der Waals surface area contributed by atoms with Gasteiger partial charge in [-0.1, -0.05) is 36.4 Å². The first-order chi connectivity index (χ1) is 12.1. The van der Waals surface area contributed by atoms with Gasteiger partial charge in [-0.3, -0.25) is 25.4 Å². The summed E-state index contributed by atoms with van der Waals surface area (Å²) in [5.41, 5.74) is 4.86. The van der Waals surface area contributed by atoms with Gasteiger partial charge in [0, 0.05) is 6.20 Å². The zero-order chi connectivity index (χ0) is 17.6. The number of amides is 2. The maximum absolute atomic E-state index is 12.1. The quantitative estimate of drug-likeness (QED) is 0.718. The minimum atomic E-state index is -0.773. The molecule has 0 fully saturated rings. The van der Waals surface area contributed by atoms with Crippen molar-refractivity contribution in [3.8, 4) is 5.75 Å². The van der Waals surface area contributed by atoms with Gasteiger partial charge in [0.25, 0.3) is 11.8 Å². The van der Waals surface area contributed by atoms with E-state index in [9.17, 15) is 9.59 Å². The second kappa shape index (κ2) is 7.44. The van der Waals surface area contributed by atoms with E-state index in [1.54, 1.807) is 31.2 Å². The molecular formula is C19H17N3O3. The number of hydrogen-bond donors (Lipinski definition) is 2. The van der Waals surface area contributed by atoms with Gasteiger partial charge in [-0.05, 0) is 42.0 Å². The molecule has 0 aliphatic carbocycles. The van der Waals surface area contributed by atoms with Crippen LogP contribution in [0.15, 0.2) is 66.9 Å². The second-order valence-electron chi connectivity index (χ2n) is 5.43. The number of pyridine rings is 1. The van der Waals surface area contributed by atoms with Crippen molar-refractivity contribution in [1.82, 2.24) is 15.8 Å². The summed E-state index contributed by atoms with van der Waals surface area (Å²) in [7, 11) is 0. The van der Waals surface area contributed by atoms with Gasteiger partial charge in [0.2, 0.25) is 0 Å². The molecular weight excluding hydrogens is 318 g/mol. The fourth-order valence-electron chi connectivity index (χ4n) is 2.28. The largest absolute Gasteiger partial charge is 0.481 e. The van der Waals surface area contributed by atoms with Crippen molar-refractivity contribution >= 4 is 22.6 Å². The Balaban J connectivity index is 1.57. The summed E-state index contributed by atoms with van der Waals surface area (Å²) in [4.78, 5) is 27.8. The van der Waals surface area contributed by atoms with Gasteiger partial charge < -0.3 is 4.74 Å². The molecule has 3 rings (SSSR count). The number of rotatable bonds is 4. The van der Waals surface area contributed by atoms with Crippen LogP contribution in [0.3, 0.4) is 0 Å². The average molecular weight is 335 g/mol. The molecule has 6 heteroatoms. The molecule has 3 aromatic rings. The van der Waals surface area contributed by atoms with E-state index in [0.29, 0.717) is 5.75 Å². The highest BCUT2D eigenvalue weighted by Crippen LogP contribution is 2.21. The van der Waals surface area contributed by atoms with Crippen LogP contribution < -0.4 is 15.6 Å². The van der Waals surface area contributed by atoms with Crippen molar-refractivity contribution in [1.29, 1.82) is 0 Å². The molecule has 0 radical (unpaired) electrons. The summed E-state index contributed by atoms with van der Waals surface area (Å²) in [6.45, 7) is 1.61. The predicted molar refractivity (Wildman–Crippen MR) is 93.9 cm³/mol. The average Bonchev–Trinajstić information content (AvgIpc) is 2.66. The predicted octanol–water partition coefficient (Wildman–Crippen LogP) is 2.46. The Labute approximate surface area is 144 Å². The number of fused-ring (bicyclic) bond motifs is 1. The Morgan fingerprint density at radius 3 is 2.48 bits per heavy atom. The summed E-state index contributed by atoms with van der Waals surface area (Å²) < 4.78 is 5.64. The Kier molecular flexibility index (Phi) is 4.89. The second-order valence-corrected chi connectivity index (χ2v) is 5.43. The first kappa shape index (κ1) is 16.4. The number of carbonyl (C=O) groups is 2. The zero-order valence-electron chi connectivity index (χ0n) is 13.6. The van der Waals surface area contributed by atoms with Crippen LogP contribution in [-0.4, -0.2) is 22.9 Å². The Hall–Kier alpha value is -3.41. The van der Waals surface area contributed by atoms with Gasteiger partial charge in [-0.2, -0.15) is 0 Å². The summed E-state index contributed by atoms with van der Waals surface area (Å²) in [6, 6.07) is 18.4. The molecule has 25 heavy (non-hydrogen) atoms.